The normalized spacial score (nSPS) is 16.0. The van der Waals surface area contributed by atoms with Crippen molar-refractivity contribution >= 4 is 51.4 Å². The van der Waals surface area contributed by atoms with Crippen molar-refractivity contribution in [3.8, 4) is 0 Å². The molecule has 0 saturated heterocycles. The summed E-state index contributed by atoms with van der Waals surface area (Å²) in [6.07, 6.45) is 2.98. The molecule has 8 heteroatoms. The number of aromatic amines is 1. The molecule has 0 unspecified atom stereocenters. The van der Waals surface area contributed by atoms with Crippen LogP contribution in [0.1, 0.15) is 34.9 Å². The van der Waals surface area contributed by atoms with Crippen LogP contribution >= 0.6 is 35.3 Å². The predicted octanol–water partition coefficient (Wildman–Crippen LogP) is 4.56. The number of carbonyl (C=O) groups is 1. The first kappa shape index (κ1) is 20.4. The van der Waals surface area contributed by atoms with E-state index in [4.69, 9.17) is 12.2 Å². The summed E-state index contributed by atoms with van der Waals surface area (Å²) in [5.41, 5.74) is 5.96. The molecule has 0 spiro atoms. The summed E-state index contributed by atoms with van der Waals surface area (Å²) < 4.78 is 1.42. The SMILES string of the molecule is Cc1ccc(CSCC(=O)Nn2c(=S)[nH]c3sc4c(c3c2=O)CC[C@@H](C)C4)cc1. The lowest BCUT2D eigenvalue weighted by Crippen LogP contribution is -2.35. The number of hydrogen-bond acceptors (Lipinski definition) is 5. The molecule has 0 aliphatic heterocycles. The number of thiophene rings is 1. The minimum Gasteiger partial charge on any atom is -0.322 e. The Morgan fingerprint density at radius 3 is 2.90 bits per heavy atom. The lowest BCUT2D eigenvalue weighted by atomic mass is 9.89. The zero-order chi connectivity index (χ0) is 20.5. The first-order chi connectivity index (χ1) is 13.9. The maximum absolute atomic E-state index is 13.1. The second-order valence-corrected chi connectivity index (χ2v) is 10.1. The lowest BCUT2D eigenvalue weighted by Gasteiger charge is -2.17. The standard InChI is InChI=1S/C21H23N3O2S3/c1-12-3-6-14(7-4-12)10-28-11-17(25)23-24-20(26)18-15-8-5-13(2)9-16(15)29-19(18)22-21(24)27/h3-4,6-7,13H,5,8-11H2,1-2H3,(H,22,27)(H,23,25)/t13-/m1/s1. The molecule has 2 heterocycles. The molecule has 3 aromatic rings. The number of amides is 1. The highest BCUT2D eigenvalue weighted by molar-refractivity contribution is 7.99. The summed E-state index contributed by atoms with van der Waals surface area (Å²) >= 11 is 8.47. The third kappa shape index (κ3) is 4.34. The highest BCUT2D eigenvalue weighted by Gasteiger charge is 2.23. The summed E-state index contributed by atoms with van der Waals surface area (Å²) in [6, 6.07) is 8.25. The summed E-state index contributed by atoms with van der Waals surface area (Å²) in [7, 11) is 0. The van der Waals surface area contributed by atoms with Crippen molar-refractivity contribution in [2.75, 3.05) is 11.2 Å². The second-order valence-electron chi connectivity index (χ2n) is 7.64. The number of benzene rings is 1. The van der Waals surface area contributed by atoms with E-state index in [0.29, 0.717) is 11.3 Å². The Balaban J connectivity index is 1.50. The van der Waals surface area contributed by atoms with Gasteiger partial charge < -0.3 is 4.98 Å². The lowest BCUT2D eigenvalue weighted by molar-refractivity contribution is -0.114. The van der Waals surface area contributed by atoms with Crippen LogP contribution in [-0.4, -0.2) is 21.3 Å². The Hall–Kier alpha value is -1.90. The molecule has 0 bridgehead atoms. The Kier molecular flexibility index (Phi) is 5.94. The fourth-order valence-corrected chi connectivity index (χ4v) is 6.10. The van der Waals surface area contributed by atoms with Crippen LogP contribution < -0.4 is 11.0 Å². The summed E-state index contributed by atoms with van der Waals surface area (Å²) in [5, 5.41) is 0.679. The van der Waals surface area contributed by atoms with E-state index < -0.39 is 0 Å². The van der Waals surface area contributed by atoms with Gasteiger partial charge in [0.1, 0.15) is 4.83 Å². The number of rotatable bonds is 5. The molecule has 2 N–H and O–H groups in total. The number of hydrogen-bond donors (Lipinski definition) is 2. The molecule has 5 nitrogen and oxygen atoms in total. The van der Waals surface area contributed by atoms with E-state index in [2.05, 4.69) is 41.6 Å². The van der Waals surface area contributed by atoms with Crippen LogP contribution in [0.25, 0.3) is 10.2 Å². The van der Waals surface area contributed by atoms with Gasteiger partial charge in [0.25, 0.3) is 5.56 Å². The number of H-pyrrole nitrogens is 1. The number of aryl methyl sites for hydroxylation is 2. The van der Waals surface area contributed by atoms with Crippen LogP contribution in [0.2, 0.25) is 0 Å². The minimum atomic E-state index is -0.235. The Morgan fingerprint density at radius 1 is 1.38 bits per heavy atom. The maximum atomic E-state index is 13.1. The van der Waals surface area contributed by atoms with Crippen LogP contribution in [0.15, 0.2) is 29.1 Å². The number of nitrogens with zero attached hydrogens (tertiary/aromatic N) is 1. The van der Waals surface area contributed by atoms with Crippen molar-refractivity contribution in [2.24, 2.45) is 5.92 Å². The number of nitrogens with one attached hydrogen (secondary N) is 2. The van der Waals surface area contributed by atoms with E-state index in [-0.39, 0.29) is 22.0 Å². The molecule has 0 radical (unpaired) electrons. The monoisotopic (exact) mass is 445 g/mol. The van der Waals surface area contributed by atoms with Crippen molar-refractivity contribution in [1.82, 2.24) is 9.66 Å². The van der Waals surface area contributed by atoms with Gasteiger partial charge in [-0.25, -0.2) is 0 Å². The number of fused-ring (bicyclic) bond motifs is 3. The van der Waals surface area contributed by atoms with E-state index in [1.807, 2.05) is 6.92 Å². The van der Waals surface area contributed by atoms with E-state index in [1.54, 1.807) is 11.3 Å². The first-order valence-corrected chi connectivity index (χ1v) is 12.0. The van der Waals surface area contributed by atoms with Crippen LogP contribution in [0, 0.1) is 17.6 Å². The van der Waals surface area contributed by atoms with Crippen LogP contribution in [0.4, 0.5) is 0 Å². The molecule has 0 saturated carbocycles. The zero-order valence-electron chi connectivity index (χ0n) is 16.4. The Morgan fingerprint density at radius 2 is 2.14 bits per heavy atom. The molecule has 4 rings (SSSR count). The Bertz CT molecular complexity index is 1170. The molecule has 1 aliphatic carbocycles. The van der Waals surface area contributed by atoms with Crippen LogP contribution in [0.3, 0.4) is 0 Å². The topological polar surface area (TPSA) is 66.9 Å². The number of thioether (sulfide) groups is 1. The highest BCUT2D eigenvalue weighted by atomic mass is 32.2. The van der Waals surface area contributed by atoms with E-state index >= 15 is 0 Å². The summed E-state index contributed by atoms with van der Waals surface area (Å²) in [4.78, 5) is 30.7. The smallest absolute Gasteiger partial charge is 0.282 e. The van der Waals surface area contributed by atoms with Gasteiger partial charge >= 0.3 is 0 Å². The third-order valence-corrected chi connectivity index (χ3v) is 7.67. The van der Waals surface area contributed by atoms with Gasteiger partial charge in [-0.15, -0.1) is 23.1 Å². The van der Waals surface area contributed by atoms with Gasteiger partial charge in [-0.2, -0.15) is 4.68 Å². The average Bonchev–Trinajstić information content (AvgIpc) is 3.03. The molecular formula is C21H23N3O2S3. The number of aromatic nitrogens is 2. The van der Waals surface area contributed by atoms with Gasteiger partial charge in [0.05, 0.1) is 11.1 Å². The largest absolute Gasteiger partial charge is 0.322 e. The van der Waals surface area contributed by atoms with Gasteiger partial charge in [-0.3, -0.25) is 15.0 Å². The Labute approximate surface area is 182 Å². The molecule has 2 aromatic heterocycles. The van der Waals surface area contributed by atoms with Gasteiger partial charge in [0.15, 0.2) is 0 Å². The van der Waals surface area contributed by atoms with Gasteiger partial charge in [-0.05, 0) is 55.4 Å². The van der Waals surface area contributed by atoms with Crippen molar-refractivity contribution in [3.63, 3.8) is 0 Å². The zero-order valence-corrected chi connectivity index (χ0v) is 18.9. The van der Waals surface area contributed by atoms with Crippen molar-refractivity contribution in [3.05, 3.63) is 61.0 Å². The molecule has 1 aliphatic rings. The fraction of sp³-hybridized carbons (Fsp3) is 0.381. The van der Waals surface area contributed by atoms with Crippen molar-refractivity contribution < 1.29 is 4.79 Å². The van der Waals surface area contributed by atoms with Gasteiger partial charge in [0.2, 0.25) is 10.7 Å². The third-order valence-electron chi connectivity index (χ3n) is 5.21. The maximum Gasteiger partial charge on any atom is 0.282 e. The van der Waals surface area contributed by atoms with Crippen molar-refractivity contribution in [1.29, 1.82) is 0 Å². The predicted molar refractivity (Wildman–Crippen MR) is 124 cm³/mol. The fourth-order valence-electron chi connectivity index (χ4n) is 3.63. The molecule has 1 amide bonds. The molecule has 0 fully saturated rings. The van der Waals surface area contributed by atoms with Gasteiger partial charge in [0, 0.05) is 10.6 Å². The summed E-state index contributed by atoms with van der Waals surface area (Å²) in [6.45, 7) is 4.29. The molecular weight excluding hydrogens is 422 g/mol. The minimum absolute atomic E-state index is 0.228. The second kappa shape index (κ2) is 8.45. The van der Waals surface area contributed by atoms with E-state index in [0.717, 1.165) is 35.4 Å². The first-order valence-electron chi connectivity index (χ1n) is 9.65. The summed E-state index contributed by atoms with van der Waals surface area (Å²) in [5.74, 6) is 1.39. The van der Waals surface area contributed by atoms with Crippen LogP contribution in [-0.2, 0) is 23.4 Å². The van der Waals surface area contributed by atoms with Crippen molar-refractivity contribution in [2.45, 2.75) is 38.9 Å². The average molecular weight is 446 g/mol. The highest BCUT2D eigenvalue weighted by Crippen LogP contribution is 2.35. The van der Waals surface area contributed by atoms with Gasteiger partial charge in [-0.1, -0.05) is 36.8 Å². The number of carbonyl (C=O) groups excluding carboxylic acids is 1. The molecule has 152 valence electrons. The van der Waals surface area contributed by atoms with E-state index in [1.165, 1.54) is 32.4 Å². The van der Waals surface area contributed by atoms with Crippen LogP contribution in [0.5, 0.6) is 0 Å². The quantitative estimate of drug-likeness (QED) is 0.565. The molecule has 1 aromatic carbocycles. The molecule has 1 atom stereocenters. The van der Waals surface area contributed by atoms with E-state index in [9.17, 15) is 9.59 Å². The molecule has 29 heavy (non-hydrogen) atoms.